The van der Waals surface area contributed by atoms with Crippen molar-refractivity contribution in [1.29, 1.82) is 0 Å². The molecule has 0 amide bonds. The van der Waals surface area contributed by atoms with Gasteiger partial charge in [-0.1, -0.05) is 60.3 Å². The summed E-state index contributed by atoms with van der Waals surface area (Å²) >= 11 is 0. The van der Waals surface area contributed by atoms with E-state index >= 15 is 0 Å². The van der Waals surface area contributed by atoms with Crippen molar-refractivity contribution >= 4 is 0 Å². The van der Waals surface area contributed by atoms with E-state index in [2.05, 4.69) is 12.2 Å². The minimum atomic E-state index is 1.00. The van der Waals surface area contributed by atoms with Crippen LogP contribution >= 0.6 is 0 Å². The van der Waals surface area contributed by atoms with E-state index < -0.39 is 0 Å². The molecule has 0 aromatic carbocycles. The topological polar surface area (TPSA) is 12.0 Å². The molecule has 1 fully saturated rings. The van der Waals surface area contributed by atoms with Crippen molar-refractivity contribution in [2.75, 3.05) is 13.6 Å². The first-order chi connectivity index (χ1) is 7.33. The molecule has 1 saturated carbocycles. The smallest absolute Gasteiger partial charge is 0.00493 e. The van der Waals surface area contributed by atoms with Crippen molar-refractivity contribution < 1.29 is 0 Å². The number of hydrogen-bond acceptors (Lipinski definition) is 1. The largest absolute Gasteiger partial charge is 0.320 e. The van der Waals surface area contributed by atoms with Crippen molar-refractivity contribution in [1.82, 2.24) is 5.32 Å². The summed E-state index contributed by atoms with van der Waals surface area (Å²) in [5, 5.41) is 3.23. The summed E-state index contributed by atoms with van der Waals surface area (Å²) in [4.78, 5) is 0. The van der Waals surface area contributed by atoms with E-state index in [4.69, 9.17) is 0 Å². The average molecular weight is 215 g/mol. The maximum atomic E-state index is 3.23. The molecule has 0 heterocycles. The van der Waals surface area contributed by atoms with Crippen LogP contribution in [0.1, 0.15) is 66.7 Å². The quantitative estimate of drug-likeness (QED) is 0.732. The summed E-state index contributed by atoms with van der Waals surface area (Å²) in [6.45, 7) is 11.6. The maximum Gasteiger partial charge on any atom is -0.00493 e. The highest BCUT2D eigenvalue weighted by Crippen LogP contribution is 2.29. The molecule has 0 aliphatic heterocycles. The lowest BCUT2D eigenvalue weighted by Gasteiger charge is -2.25. The van der Waals surface area contributed by atoms with Crippen LogP contribution in [-0.2, 0) is 0 Å². The Morgan fingerprint density at radius 2 is 1.40 bits per heavy atom. The van der Waals surface area contributed by atoms with E-state index in [1.807, 2.05) is 34.7 Å². The second kappa shape index (κ2) is 14.0. The summed E-state index contributed by atoms with van der Waals surface area (Å²) in [6, 6.07) is 0. The predicted molar refractivity (Wildman–Crippen MR) is 72.4 cm³/mol. The molecule has 0 bridgehead atoms. The van der Waals surface area contributed by atoms with Crippen LogP contribution in [0.15, 0.2) is 0 Å². The molecule has 0 saturated heterocycles. The van der Waals surface area contributed by atoms with Gasteiger partial charge in [0.25, 0.3) is 0 Å². The Hall–Kier alpha value is -0.0400. The molecule has 0 spiro atoms. The SMILES string of the molecule is CC.CC.CNCCC1CCC(C)CC1. The molecule has 1 rings (SSSR count). The minimum absolute atomic E-state index is 1.00. The molecule has 94 valence electrons. The van der Waals surface area contributed by atoms with Gasteiger partial charge < -0.3 is 5.32 Å². The molecule has 1 aliphatic carbocycles. The molecule has 0 unspecified atom stereocenters. The predicted octanol–water partition coefficient (Wildman–Crippen LogP) is 4.47. The molecule has 0 aromatic heterocycles. The first-order valence-corrected chi connectivity index (χ1v) is 6.97. The van der Waals surface area contributed by atoms with E-state index in [1.165, 1.54) is 38.6 Å². The fourth-order valence-electron chi connectivity index (χ4n) is 1.97. The Bertz CT molecular complexity index is 90.8. The van der Waals surface area contributed by atoms with Crippen LogP contribution in [0.25, 0.3) is 0 Å². The fourth-order valence-corrected chi connectivity index (χ4v) is 1.97. The van der Waals surface area contributed by atoms with Gasteiger partial charge in [0, 0.05) is 0 Å². The van der Waals surface area contributed by atoms with Crippen LogP contribution in [-0.4, -0.2) is 13.6 Å². The van der Waals surface area contributed by atoms with E-state index in [0.29, 0.717) is 0 Å². The molecule has 0 radical (unpaired) electrons. The standard InChI is InChI=1S/C10H21N.2C2H6/c1-9-3-5-10(6-4-9)7-8-11-2;2*1-2/h9-11H,3-8H2,1-2H3;2*1-2H3. The summed E-state index contributed by atoms with van der Waals surface area (Å²) < 4.78 is 0. The zero-order valence-corrected chi connectivity index (χ0v) is 11.9. The van der Waals surface area contributed by atoms with Gasteiger partial charge in [-0.2, -0.15) is 0 Å². The lowest BCUT2D eigenvalue weighted by atomic mass is 9.81. The van der Waals surface area contributed by atoms with Gasteiger partial charge in [-0.05, 0) is 31.8 Å². The molecule has 1 N–H and O–H groups in total. The number of rotatable bonds is 3. The van der Waals surface area contributed by atoms with Gasteiger partial charge in [0.1, 0.15) is 0 Å². The Balaban J connectivity index is 0. The Kier molecular flexibility index (Phi) is 16.2. The summed E-state index contributed by atoms with van der Waals surface area (Å²) in [6.07, 6.45) is 7.28. The second-order valence-electron chi connectivity index (χ2n) is 4.02. The van der Waals surface area contributed by atoms with Crippen LogP contribution in [0.4, 0.5) is 0 Å². The highest BCUT2D eigenvalue weighted by molar-refractivity contribution is 4.70. The molecule has 1 nitrogen and oxygen atoms in total. The molecular weight excluding hydrogens is 182 g/mol. The van der Waals surface area contributed by atoms with Crippen LogP contribution < -0.4 is 5.32 Å². The van der Waals surface area contributed by atoms with Crippen LogP contribution in [0.3, 0.4) is 0 Å². The Morgan fingerprint density at radius 1 is 0.933 bits per heavy atom. The number of nitrogens with one attached hydrogen (secondary N) is 1. The van der Waals surface area contributed by atoms with Crippen molar-refractivity contribution in [3.05, 3.63) is 0 Å². The van der Waals surface area contributed by atoms with Crippen LogP contribution in [0, 0.1) is 11.8 Å². The van der Waals surface area contributed by atoms with Crippen molar-refractivity contribution in [3.8, 4) is 0 Å². The zero-order chi connectivity index (χ0) is 12.1. The van der Waals surface area contributed by atoms with Crippen LogP contribution in [0.2, 0.25) is 0 Å². The summed E-state index contributed by atoms with van der Waals surface area (Å²) in [5.41, 5.74) is 0. The van der Waals surface area contributed by atoms with Gasteiger partial charge in [0.05, 0.1) is 0 Å². The Morgan fingerprint density at radius 3 is 1.80 bits per heavy atom. The first kappa shape index (κ1) is 17.4. The van der Waals surface area contributed by atoms with Gasteiger partial charge in [0.2, 0.25) is 0 Å². The van der Waals surface area contributed by atoms with Gasteiger partial charge >= 0.3 is 0 Å². The van der Waals surface area contributed by atoms with Gasteiger partial charge in [-0.15, -0.1) is 0 Å². The minimum Gasteiger partial charge on any atom is -0.320 e. The lowest BCUT2D eigenvalue weighted by molar-refractivity contribution is 0.277. The van der Waals surface area contributed by atoms with Gasteiger partial charge in [-0.3, -0.25) is 0 Å². The molecule has 0 aromatic rings. The van der Waals surface area contributed by atoms with Gasteiger partial charge in [0.15, 0.2) is 0 Å². The first-order valence-electron chi connectivity index (χ1n) is 6.97. The van der Waals surface area contributed by atoms with Crippen molar-refractivity contribution in [3.63, 3.8) is 0 Å². The molecular formula is C14H33N. The maximum absolute atomic E-state index is 3.23. The van der Waals surface area contributed by atoms with Gasteiger partial charge in [-0.25, -0.2) is 0 Å². The van der Waals surface area contributed by atoms with E-state index in [1.54, 1.807) is 0 Å². The molecule has 0 atom stereocenters. The van der Waals surface area contributed by atoms with Crippen molar-refractivity contribution in [2.45, 2.75) is 66.7 Å². The number of hydrogen-bond donors (Lipinski definition) is 1. The summed E-state index contributed by atoms with van der Waals surface area (Å²) in [7, 11) is 2.05. The van der Waals surface area contributed by atoms with Crippen LogP contribution in [0.5, 0.6) is 0 Å². The fraction of sp³-hybridized carbons (Fsp3) is 1.00. The van der Waals surface area contributed by atoms with E-state index in [-0.39, 0.29) is 0 Å². The third-order valence-electron chi connectivity index (χ3n) is 2.94. The third-order valence-corrected chi connectivity index (χ3v) is 2.94. The van der Waals surface area contributed by atoms with Crippen molar-refractivity contribution in [2.24, 2.45) is 11.8 Å². The molecule has 1 aliphatic rings. The molecule has 1 heteroatoms. The Labute approximate surface area is 98.0 Å². The highest BCUT2D eigenvalue weighted by atomic mass is 14.8. The average Bonchev–Trinajstić information content (AvgIpc) is 2.34. The summed E-state index contributed by atoms with van der Waals surface area (Å²) in [5.74, 6) is 2.03. The van der Waals surface area contributed by atoms with E-state index in [0.717, 1.165) is 11.8 Å². The normalized spacial score (nSPS) is 24.4. The van der Waals surface area contributed by atoms with E-state index in [9.17, 15) is 0 Å². The molecule has 15 heavy (non-hydrogen) atoms. The zero-order valence-electron chi connectivity index (χ0n) is 11.9. The highest BCUT2D eigenvalue weighted by Gasteiger charge is 2.16. The second-order valence-corrected chi connectivity index (χ2v) is 4.02. The monoisotopic (exact) mass is 215 g/mol. The third kappa shape index (κ3) is 10.2. The lowest BCUT2D eigenvalue weighted by Crippen LogP contribution is -2.17.